The summed E-state index contributed by atoms with van der Waals surface area (Å²) in [4.78, 5) is 55.8. The molecule has 3 N–H and O–H groups in total. The van der Waals surface area contributed by atoms with Crippen LogP contribution in [-0.4, -0.2) is 53.1 Å². The number of rotatable bonds is 4. The molecule has 0 radical (unpaired) electrons. The topological polar surface area (TPSA) is 120 Å². The van der Waals surface area contributed by atoms with Crippen molar-refractivity contribution in [3.63, 3.8) is 0 Å². The van der Waals surface area contributed by atoms with E-state index in [9.17, 15) is 19.2 Å². The molecule has 1 aliphatic carbocycles. The number of carbonyl (C=O) groups excluding carboxylic acids is 4. The number of thiazole rings is 1. The van der Waals surface area contributed by atoms with Crippen LogP contribution in [-0.2, 0) is 14.4 Å². The van der Waals surface area contributed by atoms with E-state index in [0.717, 1.165) is 24.3 Å². The van der Waals surface area contributed by atoms with Gasteiger partial charge in [-0.2, -0.15) is 0 Å². The number of hydrogen-bond acceptors (Lipinski definition) is 6. The van der Waals surface area contributed by atoms with Gasteiger partial charge >= 0.3 is 0 Å². The first-order chi connectivity index (χ1) is 15.5. The number of nitrogens with zero attached hydrogens (tertiary/aromatic N) is 2. The van der Waals surface area contributed by atoms with Crippen LogP contribution in [0.3, 0.4) is 0 Å². The molecule has 1 aromatic heterocycles. The van der Waals surface area contributed by atoms with E-state index in [-0.39, 0.29) is 40.2 Å². The largest absolute Gasteiger partial charge is 0.355 e. The lowest BCUT2D eigenvalue weighted by molar-refractivity contribution is -0.137. The minimum atomic E-state index is -0.787. The van der Waals surface area contributed by atoms with Crippen LogP contribution >= 0.6 is 11.3 Å². The van der Waals surface area contributed by atoms with Gasteiger partial charge in [-0.15, -0.1) is 11.3 Å². The summed E-state index contributed by atoms with van der Waals surface area (Å²) in [5, 5.41) is 5.20. The lowest BCUT2D eigenvalue weighted by atomic mass is 9.96. The first kappa shape index (κ1) is 23.7. The highest BCUT2D eigenvalue weighted by Crippen LogP contribution is 2.68. The summed E-state index contributed by atoms with van der Waals surface area (Å²) in [5.41, 5.74) is 5.01. The summed E-state index contributed by atoms with van der Waals surface area (Å²) in [6, 6.07) is 0. The van der Waals surface area contributed by atoms with E-state index in [1.165, 1.54) is 11.3 Å². The molecule has 3 fully saturated rings. The lowest BCUT2D eigenvalue weighted by Gasteiger charge is -2.31. The van der Waals surface area contributed by atoms with Gasteiger partial charge in [0.15, 0.2) is 0 Å². The Morgan fingerprint density at radius 2 is 1.76 bits per heavy atom. The minimum absolute atomic E-state index is 0.0364. The molecule has 2 aliphatic heterocycles. The molecule has 4 rings (SSSR count). The molecule has 3 heterocycles. The zero-order valence-electron chi connectivity index (χ0n) is 19.7. The fraction of sp³-hybridized carbons (Fsp3) is 0.696. The van der Waals surface area contributed by atoms with E-state index >= 15 is 0 Å². The Labute approximate surface area is 198 Å². The third-order valence-electron chi connectivity index (χ3n) is 8.08. The third kappa shape index (κ3) is 4.37. The summed E-state index contributed by atoms with van der Waals surface area (Å²) < 4.78 is 0. The fourth-order valence-corrected chi connectivity index (χ4v) is 6.19. The number of hydrogen-bond donors (Lipinski definition) is 3. The Bertz CT molecular complexity index is 950. The zero-order valence-corrected chi connectivity index (χ0v) is 20.5. The Morgan fingerprint density at radius 3 is 2.36 bits per heavy atom. The number of nitrogens with one attached hydrogen (secondary N) is 3. The van der Waals surface area contributed by atoms with Gasteiger partial charge in [-0.05, 0) is 36.5 Å². The first-order valence-corrected chi connectivity index (χ1v) is 12.5. The van der Waals surface area contributed by atoms with Crippen LogP contribution in [0.5, 0.6) is 0 Å². The molecule has 10 heteroatoms. The van der Waals surface area contributed by atoms with E-state index in [4.69, 9.17) is 0 Å². The Hall–Kier alpha value is -2.49. The Morgan fingerprint density at radius 1 is 1.09 bits per heavy atom. The van der Waals surface area contributed by atoms with E-state index in [1.54, 1.807) is 5.38 Å². The van der Waals surface area contributed by atoms with Crippen molar-refractivity contribution >= 4 is 35.0 Å². The number of aromatic nitrogens is 1. The van der Waals surface area contributed by atoms with Gasteiger partial charge in [0.25, 0.3) is 11.8 Å². The molecule has 9 nitrogen and oxygen atoms in total. The van der Waals surface area contributed by atoms with E-state index in [1.807, 2.05) is 4.90 Å². The van der Waals surface area contributed by atoms with Crippen molar-refractivity contribution in [2.75, 3.05) is 19.6 Å². The molecule has 2 saturated heterocycles. The van der Waals surface area contributed by atoms with Crippen LogP contribution in [0, 0.1) is 22.7 Å². The first-order valence-electron chi connectivity index (χ1n) is 11.7. The summed E-state index contributed by atoms with van der Waals surface area (Å²) in [6.07, 6.45) is 2.84. The zero-order chi connectivity index (χ0) is 24.0. The van der Waals surface area contributed by atoms with Gasteiger partial charge in [-0.3, -0.25) is 30.0 Å². The van der Waals surface area contributed by atoms with E-state index < -0.39 is 17.7 Å². The second-order valence-electron chi connectivity index (χ2n) is 10.5. The van der Waals surface area contributed by atoms with Crippen molar-refractivity contribution in [2.24, 2.45) is 22.7 Å². The molecule has 4 amide bonds. The monoisotopic (exact) mass is 475 g/mol. The van der Waals surface area contributed by atoms with Crippen LogP contribution in [0.2, 0.25) is 0 Å². The predicted molar refractivity (Wildman–Crippen MR) is 123 cm³/mol. The normalized spacial score (nSPS) is 24.7. The second kappa shape index (κ2) is 8.70. The van der Waals surface area contributed by atoms with Gasteiger partial charge in [0.05, 0.1) is 5.01 Å². The van der Waals surface area contributed by atoms with Crippen LogP contribution in [0.15, 0.2) is 5.38 Å². The molecule has 33 heavy (non-hydrogen) atoms. The summed E-state index contributed by atoms with van der Waals surface area (Å²) in [7, 11) is 0. The molecule has 0 aromatic carbocycles. The number of carbonyl (C=O) groups is 4. The molecule has 1 aromatic rings. The summed E-state index contributed by atoms with van der Waals surface area (Å²) in [5.74, 6) is -1.59. The molecule has 1 unspecified atom stereocenters. The minimum Gasteiger partial charge on any atom is -0.355 e. The third-order valence-corrected chi connectivity index (χ3v) is 9.09. The van der Waals surface area contributed by atoms with Crippen molar-refractivity contribution < 1.29 is 19.2 Å². The summed E-state index contributed by atoms with van der Waals surface area (Å²) in [6.45, 7) is 10.6. The molecular weight excluding hydrogens is 442 g/mol. The lowest BCUT2D eigenvalue weighted by Crippen LogP contribution is -2.50. The van der Waals surface area contributed by atoms with Crippen molar-refractivity contribution in [3.05, 3.63) is 16.1 Å². The molecule has 1 atom stereocenters. The highest BCUT2D eigenvalue weighted by atomic mass is 32.1. The van der Waals surface area contributed by atoms with Crippen molar-refractivity contribution in [1.29, 1.82) is 0 Å². The van der Waals surface area contributed by atoms with E-state index in [2.05, 4.69) is 48.8 Å². The highest BCUT2D eigenvalue weighted by molar-refractivity contribution is 7.09. The van der Waals surface area contributed by atoms with Crippen LogP contribution in [0.4, 0.5) is 0 Å². The summed E-state index contributed by atoms with van der Waals surface area (Å²) >= 11 is 1.42. The average molecular weight is 476 g/mol. The number of piperidine rings is 2. The predicted octanol–water partition coefficient (Wildman–Crippen LogP) is 1.82. The quantitative estimate of drug-likeness (QED) is 0.453. The second-order valence-corrected chi connectivity index (χ2v) is 11.4. The Balaban J connectivity index is 1.27. The molecular formula is C23H33N5O4S. The highest BCUT2D eigenvalue weighted by Gasteiger charge is 2.68. The maximum Gasteiger partial charge on any atom is 0.289 e. The molecule has 0 bridgehead atoms. The van der Waals surface area contributed by atoms with Crippen LogP contribution < -0.4 is 16.2 Å². The Kier molecular flexibility index (Phi) is 6.24. The number of hydrazine groups is 1. The SMILES string of the molecule is CC1(C)C(C(=O)N2CCC(c3nc(C(=O)NNC(=O)C4CCCNC4=O)cs3)CC2)C1(C)C. The van der Waals surface area contributed by atoms with Crippen molar-refractivity contribution in [1.82, 2.24) is 26.1 Å². The maximum absolute atomic E-state index is 13.0. The molecule has 3 aliphatic rings. The number of amides is 4. The van der Waals surface area contributed by atoms with Crippen LogP contribution in [0.25, 0.3) is 0 Å². The van der Waals surface area contributed by atoms with Crippen molar-refractivity contribution in [2.45, 2.75) is 59.3 Å². The van der Waals surface area contributed by atoms with Crippen LogP contribution in [0.1, 0.15) is 74.8 Å². The van der Waals surface area contributed by atoms with E-state index in [0.29, 0.717) is 26.1 Å². The standard InChI is InChI=1S/C23H33N5O4S/c1-22(2)16(23(22,3)4)21(32)28-10-7-13(8-11-28)20-25-15(12-33-20)19(31)27-26-18(30)14-6-5-9-24-17(14)29/h12-14,16H,5-11H2,1-4H3,(H,24,29)(H,26,30)(H,27,31). The molecule has 0 spiro atoms. The van der Waals surface area contributed by atoms with Gasteiger partial charge in [0, 0.05) is 36.9 Å². The van der Waals surface area contributed by atoms with Gasteiger partial charge in [-0.1, -0.05) is 27.7 Å². The van der Waals surface area contributed by atoms with Gasteiger partial charge in [0.2, 0.25) is 11.8 Å². The maximum atomic E-state index is 13.0. The smallest absolute Gasteiger partial charge is 0.289 e. The fourth-order valence-electron chi connectivity index (χ4n) is 5.21. The van der Waals surface area contributed by atoms with Gasteiger partial charge in [0.1, 0.15) is 11.6 Å². The van der Waals surface area contributed by atoms with Crippen molar-refractivity contribution in [3.8, 4) is 0 Å². The molecule has 180 valence electrons. The van der Waals surface area contributed by atoms with Gasteiger partial charge < -0.3 is 10.2 Å². The average Bonchev–Trinajstić information content (AvgIpc) is 3.11. The molecule has 1 saturated carbocycles. The number of likely N-dealkylation sites (tertiary alicyclic amines) is 1. The van der Waals surface area contributed by atoms with Gasteiger partial charge in [-0.25, -0.2) is 4.98 Å².